The number of benzene rings is 1. The highest BCUT2D eigenvalue weighted by Crippen LogP contribution is 2.45. The van der Waals surface area contributed by atoms with Crippen LogP contribution < -0.4 is 0 Å². The summed E-state index contributed by atoms with van der Waals surface area (Å²) in [7, 11) is -4.35. The van der Waals surface area contributed by atoms with E-state index < -0.39 is 62.4 Å². The van der Waals surface area contributed by atoms with Gasteiger partial charge in [0.1, 0.15) is 11.9 Å². The van der Waals surface area contributed by atoms with Crippen molar-refractivity contribution in [3.8, 4) is 5.69 Å². The molecule has 0 saturated heterocycles. The molecule has 0 bridgehead atoms. The van der Waals surface area contributed by atoms with Gasteiger partial charge in [-0.3, -0.25) is 4.85 Å². The number of sulfone groups is 1. The Morgan fingerprint density at radius 2 is 2.04 bits per heavy atom. The Hall–Kier alpha value is -2.45. The van der Waals surface area contributed by atoms with Crippen molar-refractivity contribution in [2.45, 2.75) is 36.2 Å². The highest BCUT2D eigenvalue weighted by Gasteiger charge is 2.48. The van der Waals surface area contributed by atoms with E-state index in [1.54, 1.807) is 0 Å². The van der Waals surface area contributed by atoms with E-state index in [2.05, 4.69) is 4.85 Å². The van der Waals surface area contributed by atoms with Gasteiger partial charge in [0.15, 0.2) is 0 Å². The first kappa shape index (κ1) is 20.3. The third kappa shape index (κ3) is 3.27. The lowest BCUT2D eigenvalue weighted by molar-refractivity contribution is -0.123. The van der Waals surface area contributed by atoms with Crippen LogP contribution in [0.5, 0.6) is 0 Å². The molecular formula is C17H13F5N2O3S. The molecule has 0 spiro atoms. The van der Waals surface area contributed by atoms with Crippen LogP contribution in [0.25, 0.3) is 10.5 Å². The molecule has 11 heteroatoms. The zero-order valence-electron chi connectivity index (χ0n) is 14.0. The summed E-state index contributed by atoms with van der Waals surface area (Å²) in [5.41, 5.74) is -1.60. The first-order chi connectivity index (χ1) is 13.0. The topological polar surface area (TPSA) is 63.7 Å². The molecule has 0 radical (unpaired) electrons. The number of aliphatic hydroxyl groups is 1. The van der Waals surface area contributed by atoms with Crippen LogP contribution in [0.1, 0.15) is 35.8 Å². The first-order valence-electron chi connectivity index (χ1n) is 7.93. The van der Waals surface area contributed by atoms with E-state index in [4.69, 9.17) is 6.57 Å². The van der Waals surface area contributed by atoms with Crippen LogP contribution >= 0.6 is 0 Å². The van der Waals surface area contributed by atoms with Gasteiger partial charge >= 0.3 is 5.88 Å². The molecule has 5 nitrogen and oxygen atoms in total. The van der Waals surface area contributed by atoms with Crippen LogP contribution in [0, 0.1) is 12.4 Å². The number of fused-ring (bicyclic) bond motifs is 1. The molecule has 1 aliphatic carbocycles. The number of alkyl halides is 4. The van der Waals surface area contributed by atoms with Gasteiger partial charge in [-0.05, 0) is 24.6 Å². The summed E-state index contributed by atoms with van der Waals surface area (Å²) in [5.74, 6) is -5.81. The third-order valence-electron chi connectivity index (χ3n) is 4.54. The Morgan fingerprint density at radius 3 is 2.64 bits per heavy atom. The number of hydrogen-bond donors (Lipinski definition) is 1. The Labute approximate surface area is 156 Å². The van der Waals surface area contributed by atoms with Crippen LogP contribution in [-0.4, -0.2) is 29.9 Å². The summed E-state index contributed by atoms with van der Waals surface area (Å²) in [6.07, 6.45) is -5.84. The number of hydrogen-bond acceptors (Lipinski definition) is 3. The molecule has 0 amide bonds. The average Bonchev–Trinajstić information content (AvgIpc) is 2.99. The Morgan fingerprint density at radius 1 is 1.36 bits per heavy atom. The van der Waals surface area contributed by atoms with Gasteiger partial charge < -0.3 is 9.67 Å². The van der Waals surface area contributed by atoms with Gasteiger partial charge in [-0.25, -0.2) is 36.9 Å². The quantitative estimate of drug-likeness (QED) is 0.604. The van der Waals surface area contributed by atoms with Crippen LogP contribution in [0.3, 0.4) is 0 Å². The molecular weight excluding hydrogens is 407 g/mol. The van der Waals surface area contributed by atoms with Crippen molar-refractivity contribution in [2.24, 2.45) is 0 Å². The SMILES string of the molecule is [C-]#[N+]CS(=O)(=O)c1cn(-c2ccc(F)c(C(F)F)c2)c2c1[C@H](O)C(F)(F)CC2. The minimum Gasteiger partial charge on any atom is -0.382 e. The Balaban J connectivity index is 2.29. The van der Waals surface area contributed by atoms with Gasteiger partial charge in [0.2, 0.25) is 0 Å². The second-order valence-electron chi connectivity index (χ2n) is 6.30. The van der Waals surface area contributed by atoms with Crippen molar-refractivity contribution < 1.29 is 35.5 Å². The second kappa shape index (κ2) is 6.86. The fraction of sp³-hybridized carbons (Fsp3) is 0.353. The maximum absolute atomic E-state index is 14.0. The van der Waals surface area contributed by atoms with E-state index >= 15 is 0 Å². The molecule has 0 saturated carbocycles. The summed E-state index contributed by atoms with van der Waals surface area (Å²) in [6, 6.07) is 2.63. The maximum atomic E-state index is 14.0. The van der Waals surface area contributed by atoms with Crippen LogP contribution in [0.15, 0.2) is 29.3 Å². The molecule has 28 heavy (non-hydrogen) atoms. The summed E-state index contributed by atoms with van der Waals surface area (Å²) >= 11 is 0. The second-order valence-corrected chi connectivity index (χ2v) is 8.22. The van der Waals surface area contributed by atoms with Crippen LogP contribution in [-0.2, 0) is 16.3 Å². The molecule has 0 unspecified atom stereocenters. The minimum absolute atomic E-state index is 0.0196. The van der Waals surface area contributed by atoms with E-state index in [0.29, 0.717) is 0 Å². The fourth-order valence-corrected chi connectivity index (χ4v) is 4.34. The lowest BCUT2D eigenvalue weighted by Gasteiger charge is -2.29. The number of halogens is 5. The number of nitrogens with zero attached hydrogens (tertiary/aromatic N) is 2. The molecule has 0 fully saturated rings. The number of rotatable bonds is 4. The highest BCUT2D eigenvalue weighted by molar-refractivity contribution is 7.91. The molecule has 3 rings (SSSR count). The highest BCUT2D eigenvalue weighted by atomic mass is 32.2. The Kier molecular flexibility index (Phi) is 4.97. The predicted molar refractivity (Wildman–Crippen MR) is 87.6 cm³/mol. The van der Waals surface area contributed by atoms with E-state index in [0.717, 1.165) is 29.0 Å². The lowest BCUT2D eigenvalue weighted by Crippen LogP contribution is -2.33. The van der Waals surface area contributed by atoms with Gasteiger partial charge in [-0.15, -0.1) is 0 Å². The minimum atomic E-state index is -4.35. The summed E-state index contributed by atoms with van der Waals surface area (Å²) < 4.78 is 93.4. The Bertz CT molecular complexity index is 1070. The van der Waals surface area contributed by atoms with Crippen molar-refractivity contribution in [1.29, 1.82) is 0 Å². The molecule has 1 N–H and O–H groups in total. The fourth-order valence-electron chi connectivity index (χ4n) is 3.20. The molecule has 1 aromatic carbocycles. The van der Waals surface area contributed by atoms with Crippen LogP contribution in [0.4, 0.5) is 22.0 Å². The van der Waals surface area contributed by atoms with Gasteiger partial charge in [0.05, 0.1) is 10.5 Å². The first-order valence-corrected chi connectivity index (χ1v) is 9.59. The van der Waals surface area contributed by atoms with Crippen LogP contribution in [0.2, 0.25) is 0 Å². The standard InChI is InChI=1S/C17H13F5N2O3S/c1-23-8-28(26,27)13-7-24(9-2-3-11(18)10(6-9)16(19)20)12-4-5-17(21,22)15(25)14(12)13/h2-3,6-7,15-16,25H,4-5,8H2/t15-/m0/s1. The van der Waals surface area contributed by atoms with Crippen molar-refractivity contribution in [1.82, 2.24) is 4.57 Å². The van der Waals surface area contributed by atoms with Crippen molar-refractivity contribution in [3.05, 3.63) is 58.5 Å². The van der Waals surface area contributed by atoms with E-state index in [1.807, 2.05) is 0 Å². The largest absolute Gasteiger partial charge is 0.382 e. The molecule has 1 aromatic heterocycles. The van der Waals surface area contributed by atoms with Crippen molar-refractivity contribution in [2.75, 3.05) is 5.88 Å². The van der Waals surface area contributed by atoms with Gasteiger partial charge in [-0.2, -0.15) is 0 Å². The predicted octanol–water partition coefficient (Wildman–Crippen LogP) is 3.82. The summed E-state index contributed by atoms with van der Waals surface area (Å²) in [6.45, 7) is 6.75. The van der Waals surface area contributed by atoms with E-state index in [1.165, 1.54) is 0 Å². The van der Waals surface area contributed by atoms with Crippen molar-refractivity contribution >= 4 is 9.84 Å². The molecule has 0 aliphatic heterocycles. The summed E-state index contributed by atoms with van der Waals surface area (Å²) in [4.78, 5) is 2.09. The molecule has 1 aliphatic rings. The lowest BCUT2D eigenvalue weighted by atomic mass is 9.91. The molecule has 150 valence electrons. The maximum Gasteiger partial charge on any atom is 0.316 e. The molecule has 2 aromatic rings. The van der Waals surface area contributed by atoms with Crippen molar-refractivity contribution in [3.63, 3.8) is 0 Å². The normalized spacial score (nSPS) is 18.7. The smallest absolute Gasteiger partial charge is 0.316 e. The molecule has 1 heterocycles. The third-order valence-corrected chi connectivity index (χ3v) is 6.01. The summed E-state index contributed by atoms with van der Waals surface area (Å²) in [5, 5.41) is 10.1. The zero-order chi connectivity index (χ0) is 20.9. The zero-order valence-corrected chi connectivity index (χ0v) is 14.9. The number of aliphatic hydroxyl groups excluding tert-OH is 1. The molecule has 1 atom stereocenters. The number of aromatic nitrogens is 1. The average molecular weight is 420 g/mol. The van der Waals surface area contributed by atoms with E-state index in [-0.39, 0.29) is 17.8 Å². The monoisotopic (exact) mass is 420 g/mol. The van der Waals surface area contributed by atoms with Gasteiger partial charge in [0.25, 0.3) is 22.2 Å². The van der Waals surface area contributed by atoms with E-state index in [9.17, 15) is 35.5 Å². The van der Waals surface area contributed by atoms with Gasteiger partial charge in [0, 0.05) is 29.6 Å². The van der Waals surface area contributed by atoms with Gasteiger partial charge in [-0.1, -0.05) is 0 Å².